The average Bonchev–Trinajstić information content (AvgIpc) is 2.95. The Labute approximate surface area is 221 Å². The Morgan fingerprint density at radius 1 is 0.811 bits per heavy atom. The van der Waals surface area contributed by atoms with Gasteiger partial charge in [0.2, 0.25) is 0 Å². The molecule has 0 bridgehead atoms. The van der Waals surface area contributed by atoms with Gasteiger partial charge in [-0.2, -0.15) is 0 Å². The van der Waals surface area contributed by atoms with Gasteiger partial charge < -0.3 is 16.4 Å². The van der Waals surface area contributed by atoms with Gasteiger partial charge in [-0.3, -0.25) is 9.89 Å². The highest BCUT2D eigenvalue weighted by Crippen LogP contribution is 2.32. The Morgan fingerprint density at radius 3 is 1.81 bits per heavy atom. The van der Waals surface area contributed by atoms with Crippen LogP contribution in [0.4, 0.5) is 10.5 Å². The second-order valence-corrected chi connectivity index (χ2v) is 10.1. The van der Waals surface area contributed by atoms with Crippen LogP contribution in [0.5, 0.6) is 0 Å². The second-order valence-electron chi connectivity index (χ2n) is 10.1. The molecule has 3 aromatic rings. The number of para-hydroxylation sites is 1. The van der Waals surface area contributed by atoms with E-state index in [-0.39, 0.29) is 17.9 Å². The molecule has 2 amide bonds. The van der Waals surface area contributed by atoms with Crippen LogP contribution in [0.25, 0.3) is 0 Å². The molecule has 0 spiro atoms. The highest BCUT2D eigenvalue weighted by Gasteiger charge is 2.29. The van der Waals surface area contributed by atoms with E-state index in [1.54, 1.807) is 4.90 Å². The van der Waals surface area contributed by atoms with Crippen LogP contribution in [0.15, 0.2) is 96.0 Å². The molecule has 1 saturated carbocycles. The molecule has 4 N–H and O–H groups in total. The van der Waals surface area contributed by atoms with Gasteiger partial charge in [0.1, 0.15) is 0 Å². The van der Waals surface area contributed by atoms with E-state index in [9.17, 15) is 4.79 Å². The lowest BCUT2D eigenvalue weighted by molar-refractivity contribution is 0.174. The summed E-state index contributed by atoms with van der Waals surface area (Å²) in [5.41, 5.74) is 14.4. The van der Waals surface area contributed by atoms with E-state index >= 15 is 0 Å². The molecule has 37 heavy (non-hydrogen) atoms. The number of amides is 2. The van der Waals surface area contributed by atoms with Crippen molar-refractivity contribution < 1.29 is 4.79 Å². The summed E-state index contributed by atoms with van der Waals surface area (Å²) >= 11 is 0. The van der Waals surface area contributed by atoms with Crippen molar-refractivity contribution in [2.75, 3.05) is 31.6 Å². The first-order chi connectivity index (χ1) is 18.0. The summed E-state index contributed by atoms with van der Waals surface area (Å²) in [5.74, 6) is 1.22. The van der Waals surface area contributed by atoms with Gasteiger partial charge in [-0.25, -0.2) is 4.79 Å². The zero-order chi connectivity index (χ0) is 26.0. The lowest BCUT2D eigenvalue weighted by Crippen LogP contribution is -2.46. The molecule has 6 heteroatoms. The minimum absolute atomic E-state index is 0.0330. The topological polar surface area (TPSA) is 88.0 Å². The number of hydrogen-bond acceptors (Lipinski definition) is 2. The minimum Gasteiger partial charge on any atom is -0.370 e. The number of guanidine groups is 1. The van der Waals surface area contributed by atoms with Gasteiger partial charge in [-0.05, 0) is 60.8 Å². The quantitative estimate of drug-likeness (QED) is 0.304. The minimum atomic E-state index is 0.0330. The van der Waals surface area contributed by atoms with Crippen LogP contribution in [-0.4, -0.2) is 43.6 Å². The smallest absolute Gasteiger partial charge is 0.324 e. The highest BCUT2D eigenvalue weighted by atomic mass is 16.2. The number of rotatable bonds is 9. The molecule has 3 aromatic carbocycles. The van der Waals surface area contributed by atoms with Crippen LogP contribution >= 0.6 is 0 Å². The first kappa shape index (κ1) is 26.3. The summed E-state index contributed by atoms with van der Waals surface area (Å²) in [6.07, 6.45) is 4.31. The molecule has 0 aromatic heterocycles. The lowest BCUT2D eigenvalue weighted by atomic mass is 9.81. The molecule has 1 aliphatic rings. The zero-order valence-electron chi connectivity index (χ0n) is 21.7. The Balaban J connectivity index is 1.56. The van der Waals surface area contributed by atoms with E-state index in [1.807, 2.05) is 49.5 Å². The van der Waals surface area contributed by atoms with Crippen LogP contribution in [0.2, 0.25) is 0 Å². The van der Waals surface area contributed by atoms with Crippen LogP contribution in [0, 0.1) is 11.8 Å². The fourth-order valence-corrected chi connectivity index (χ4v) is 5.34. The van der Waals surface area contributed by atoms with Crippen molar-refractivity contribution in [3.05, 3.63) is 102 Å². The predicted molar refractivity (Wildman–Crippen MR) is 153 cm³/mol. The Morgan fingerprint density at radius 2 is 1.30 bits per heavy atom. The van der Waals surface area contributed by atoms with Crippen molar-refractivity contribution in [2.45, 2.75) is 31.6 Å². The normalized spacial score (nSPS) is 17.2. The molecule has 1 fully saturated rings. The van der Waals surface area contributed by atoms with Crippen LogP contribution in [0.1, 0.15) is 42.7 Å². The number of aliphatic imine (C=N–C) groups is 1. The standard InChI is InChI=1S/C31H39N5O/c1-35(28-15-9-4-10-16-28)31(37)36(22-25-19-17-24(18-20-25)21-34-30(32)33)23-29(26-11-5-2-6-12-26)27-13-7-3-8-14-27/h2-16,24-25,29H,17-23H2,1H3,(H4,32,33,34). The summed E-state index contributed by atoms with van der Waals surface area (Å²) in [7, 11) is 1.87. The van der Waals surface area contributed by atoms with Crippen molar-refractivity contribution in [3.8, 4) is 0 Å². The maximum Gasteiger partial charge on any atom is 0.324 e. The monoisotopic (exact) mass is 497 g/mol. The highest BCUT2D eigenvalue weighted by molar-refractivity contribution is 5.91. The number of benzene rings is 3. The Hall–Kier alpha value is -3.80. The van der Waals surface area contributed by atoms with E-state index in [2.05, 4.69) is 58.4 Å². The van der Waals surface area contributed by atoms with Crippen molar-refractivity contribution in [2.24, 2.45) is 28.3 Å². The zero-order valence-corrected chi connectivity index (χ0v) is 21.7. The first-order valence-corrected chi connectivity index (χ1v) is 13.2. The fraction of sp³-hybridized carbons (Fsp3) is 0.355. The third-order valence-electron chi connectivity index (χ3n) is 7.48. The molecule has 194 valence electrons. The maximum atomic E-state index is 14.0. The third-order valence-corrected chi connectivity index (χ3v) is 7.48. The SMILES string of the molecule is CN(C(=O)N(CC1CCC(CN=C(N)N)CC1)CC(c1ccccc1)c1ccccc1)c1ccccc1. The van der Waals surface area contributed by atoms with Gasteiger partial charge in [0, 0.05) is 38.3 Å². The van der Waals surface area contributed by atoms with E-state index in [1.165, 1.54) is 11.1 Å². The molecule has 6 nitrogen and oxygen atoms in total. The van der Waals surface area contributed by atoms with E-state index in [0.717, 1.165) is 37.9 Å². The van der Waals surface area contributed by atoms with Crippen LogP contribution < -0.4 is 16.4 Å². The Kier molecular flexibility index (Phi) is 9.19. The summed E-state index contributed by atoms with van der Waals surface area (Å²) in [4.78, 5) is 22.0. The van der Waals surface area contributed by atoms with Crippen molar-refractivity contribution >= 4 is 17.7 Å². The van der Waals surface area contributed by atoms with Crippen LogP contribution in [-0.2, 0) is 0 Å². The number of hydrogen-bond donors (Lipinski definition) is 2. The fourth-order valence-electron chi connectivity index (χ4n) is 5.34. The second kappa shape index (κ2) is 12.9. The first-order valence-electron chi connectivity index (χ1n) is 13.2. The van der Waals surface area contributed by atoms with Gasteiger partial charge in [0.25, 0.3) is 0 Å². The van der Waals surface area contributed by atoms with E-state index in [0.29, 0.717) is 24.9 Å². The number of nitrogens with zero attached hydrogens (tertiary/aromatic N) is 3. The van der Waals surface area contributed by atoms with Crippen molar-refractivity contribution in [3.63, 3.8) is 0 Å². The van der Waals surface area contributed by atoms with Crippen molar-refractivity contribution in [1.82, 2.24) is 4.90 Å². The van der Waals surface area contributed by atoms with Gasteiger partial charge in [0.05, 0.1) is 0 Å². The molecule has 0 unspecified atom stereocenters. The average molecular weight is 498 g/mol. The molecule has 0 atom stereocenters. The van der Waals surface area contributed by atoms with E-state index < -0.39 is 0 Å². The van der Waals surface area contributed by atoms with Gasteiger partial charge in [0.15, 0.2) is 5.96 Å². The van der Waals surface area contributed by atoms with Gasteiger partial charge >= 0.3 is 6.03 Å². The number of carbonyl (C=O) groups is 1. The molecular formula is C31H39N5O. The molecule has 4 rings (SSSR count). The largest absolute Gasteiger partial charge is 0.370 e. The number of carbonyl (C=O) groups excluding carboxylic acids is 1. The maximum absolute atomic E-state index is 14.0. The number of nitrogens with two attached hydrogens (primary N) is 2. The van der Waals surface area contributed by atoms with Gasteiger partial charge in [-0.1, -0.05) is 78.9 Å². The summed E-state index contributed by atoms with van der Waals surface area (Å²) in [5, 5.41) is 0. The molecule has 1 aliphatic carbocycles. The molecule has 0 heterocycles. The number of urea groups is 1. The summed E-state index contributed by atoms with van der Waals surface area (Å²) in [6, 6.07) is 30.9. The molecule has 0 aliphatic heterocycles. The Bertz CT molecular complexity index is 1080. The summed E-state index contributed by atoms with van der Waals surface area (Å²) in [6.45, 7) is 2.05. The predicted octanol–water partition coefficient (Wildman–Crippen LogP) is 5.46. The molecular weight excluding hydrogens is 458 g/mol. The lowest BCUT2D eigenvalue weighted by Gasteiger charge is -2.36. The third kappa shape index (κ3) is 7.35. The summed E-state index contributed by atoms with van der Waals surface area (Å²) < 4.78 is 0. The molecule has 0 saturated heterocycles. The van der Waals surface area contributed by atoms with Gasteiger partial charge in [-0.15, -0.1) is 0 Å². The van der Waals surface area contributed by atoms with E-state index in [4.69, 9.17) is 11.5 Å². The van der Waals surface area contributed by atoms with Crippen LogP contribution in [0.3, 0.4) is 0 Å². The molecule has 0 radical (unpaired) electrons. The van der Waals surface area contributed by atoms with Crippen molar-refractivity contribution in [1.29, 1.82) is 0 Å². The number of anilines is 1.